The molecule has 4 heteroatoms. The smallest absolute Gasteiger partial charge is 0.215 e. The maximum atomic E-state index is 12.7. The van der Waals surface area contributed by atoms with Crippen LogP contribution in [-0.4, -0.2) is 16.7 Å². The Morgan fingerprint density at radius 3 is 2.08 bits per heavy atom. The van der Waals surface area contributed by atoms with E-state index in [0.29, 0.717) is 11.1 Å². The van der Waals surface area contributed by atoms with Crippen molar-refractivity contribution in [3.8, 4) is 0 Å². The summed E-state index contributed by atoms with van der Waals surface area (Å²) in [6, 6.07) is 24.7. The van der Waals surface area contributed by atoms with E-state index in [0.717, 1.165) is 15.4 Å². The summed E-state index contributed by atoms with van der Waals surface area (Å²) in [6.07, 6.45) is 0. The van der Waals surface area contributed by atoms with Crippen molar-refractivity contribution in [2.24, 2.45) is 5.16 Å². The number of aryl methyl sites for hydroxylation is 1. The maximum Gasteiger partial charge on any atom is 0.215 e. The second-order valence-electron chi connectivity index (χ2n) is 5.53. The normalized spacial score (nSPS) is 11.3. The first-order chi connectivity index (χ1) is 12.2. The summed E-state index contributed by atoms with van der Waals surface area (Å²) in [5, 5.41) is 12.6. The molecule has 25 heavy (non-hydrogen) atoms. The second-order valence-corrected chi connectivity index (χ2v) is 6.68. The Labute approximate surface area is 151 Å². The number of hydrogen-bond acceptors (Lipinski definition) is 4. The highest BCUT2D eigenvalue weighted by molar-refractivity contribution is 7.99. The van der Waals surface area contributed by atoms with E-state index in [1.807, 2.05) is 67.6 Å². The van der Waals surface area contributed by atoms with Crippen LogP contribution in [0.15, 0.2) is 93.8 Å². The molecule has 0 bridgehead atoms. The van der Waals surface area contributed by atoms with Crippen LogP contribution in [0, 0.1) is 6.92 Å². The van der Waals surface area contributed by atoms with Gasteiger partial charge in [-0.3, -0.25) is 4.79 Å². The summed E-state index contributed by atoms with van der Waals surface area (Å²) < 4.78 is 0. The fourth-order valence-electron chi connectivity index (χ4n) is 2.50. The number of hydrogen-bond donors (Lipinski definition) is 1. The molecule has 0 aliphatic heterocycles. The lowest BCUT2D eigenvalue weighted by Crippen LogP contribution is -2.17. The Hall–Kier alpha value is -2.85. The average Bonchev–Trinajstić information content (AvgIpc) is 2.65. The van der Waals surface area contributed by atoms with Crippen molar-refractivity contribution in [2.45, 2.75) is 16.7 Å². The molecular formula is C21H17NO2S. The molecule has 3 nitrogen and oxygen atoms in total. The largest absolute Gasteiger partial charge is 0.410 e. The lowest BCUT2D eigenvalue weighted by atomic mass is 9.97. The first kappa shape index (κ1) is 17.0. The molecule has 3 rings (SSSR count). The van der Waals surface area contributed by atoms with Crippen LogP contribution < -0.4 is 0 Å². The zero-order valence-electron chi connectivity index (χ0n) is 13.7. The fourth-order valence-corrected chi connectivity index (χ4v) is 3.33. The number of carbonyl (C=O) groups is 1. The number of oxime groups is 1. The highest BCUT2D eigenvalue weighted by Crippen LogP contribution is 2.27. The van der Waals surface area contributed by atoms with Gasteiger partial charge in [-0.2, -0.15) is 0 Å². The van der Waals surface area contributed by atoms with E-state index in [9.17, 15) is 10.0 Å². The van der Waals surface area contributed by atoms with Gasteiger partial charge in [0.1, 0.15) is 0 Å². The molecule has 1 N–H and O–H groups in total. The predicted molar refractivity (Wildman–Crippen MR) is 101 cm³/mol. The Kier molecular flexibility index (Phi) is 5.31. The van der Waals surface area contributed by atoms with E-state index < -0.39 is 0 Å². The van der Waals surface area contributed by atoms with Gasteiger partial charge in [0.05, 0.1) is 0 Å². The highest BCUT2D eigenvalue weighted by atomic mass is 32.2. The van der Waals surface area contributed by atoms with E-state index in [4.69, 9.17) is 0 Å². The van der Waals surface area contributed by atoms with E-state index in [2.05, 4.69) is 5.16 Å². The first-order valence-corrected chi connectivity index (χ1v) is 8.66. The molecule has 0 aliphatic carbocycles. The molecule has 0 unspecified atom stereocenters. The van der Waals surface area contributed by atoms with Crippen molar-refractivity contribution in [3.63, 3.8) is 0 Å². The average molecular weight is 347 g/mol. The van der Waals surface area contributed by atoms with Crippen LogP contribution in [0.4, 0.5) is 0 Å². The second kappa shape index (κ2) is 7.81. The number of nitrogens with zero attached hydrogens (tertiary/aromatic N) is 1. The molecule has 0 saturated heterocycles. The Morgan fingerprint density at radius 2 is 1.44 bits per heavy atom. The van der Waals surface area contributed by atoms with E-state index >= 15 is 0 Å². The van der Waals surface area contributed by atoms with Crippen LogP contribution in [0.1, 0.15) is 21.5 Å². The van der Waals surface area contributed by atoms with Crippen molar-refractivity contribution in [2.75, 3.05) is 0 Å². The number of Topliss-reactive ketones (excluding diaryl/α,β-unsaturated/α-hetero) is 1. The van der Waals surface area contributed by atoms with Crippen molar-refractivity contribution in [1.82, 2.24) is 0 Å². The minimum absolute atomic E-state index is 0.0570. The topological polar surface area (TPSA) is 49.7 Å². The third kappa shape index (κ3) is 3.98. The van der Waals surface area contributed by atoms with Gasteiger partial charge < -0.3 is 5.21 Å². The molecule has 0 aromatic heterocycles. The summed E-state index contributed by atoms with van der Waals surface area (Å²) >= 11 is 1.63. The predicted octanol–water partition coefficient (Wildman–Crippen LogP) is 5.21. The zero-order valence-corrected chi connectivity index (χ0v) is 14.5. The molecule has 3 aromatic carbocycles. The third-order valence-corrected chi connectivity index (χ3v) is 4.83. The minimum atomic E-state index is -0.298. The van der Waals surface area contributed by atoms with Crippen LogP contribution in [-0.2, 0) is 0 Å². The number of carbonyl (C=O) groups excluding carboxylic acids is 1. The Morgan fingerprint density at radius 1 is 0.840 bits per heavy atom. The van der Waals surface area contributed by atoms with Gasteiger partial charge in [-0.1, -0.05) is 59.4 Å². The number of rotatable bonds is 5. The van der Waals surface area contributed by atoms with Crippen molar-refractivity contribution >= 4 is 23.3 Å². The molecule has 3 aromatic rings. The van der Waals surface area contributed by atoms with Crippen LogP contribution in [0.25, 0.3) is 0 Å². The van der Waals surface area contributed by atoms with E-state index in [-0.39, 0.29) is 11.5 Å². The molecule has 0 fully saturated rings. The van der Waals surface area contributed by atoms with Crippen LogP contribution in [0.5, 0.6) is 0 Å². The van der Waals surface area contributed by atoms with Gasteiger partial charge in [-0.25, -0.2) is 0 Å². The lowest BCUT2D eigenvalue weighted by Gasteiger charge is -2.08. The quantitative estimate of drug-likeness (QED) is 0.298. The van der Waals surface area contributed by atoms with Gasteiger partial charge in [0.15, 0.2) is 5.71 Å². The van der Waals surface area contributed by atoms with E-state index in [1.54, 1.807) is 30.0 Å². The first-order valence-electron chi connectivity index (χ1n) is 7.85. The van der Waals surface area contributed by atoms with Gasteiger partial charge in [0.25, 0.3) is 0 Å². The maximum absolute atomic E-state index is 12.7. The number of ketones is 1. The summed E-state index contributed by atoms with van der Waals surface area (Å²) in [4.78, 5) is 14.9. The zero-order chi connectivity index (χ0) is 17.6. The van der Waals surface area contributed by atoms with Crippen molar-refractivity contribution < 1.29 is 10.0 Å². The van der Waals surface area contributed by atoms with Crippen LogP contribution in [0.3, 0.4) is 0 Å². The molecule has 0 aliphatic rings. The molecular weight excluding hydrogens is 330 g/mol. The molecule has 0 amide bonds. The van der Waals surface area contributed by atoms with Crippen LogP contribution >= 0.6 is 11.8 Å². The molecule has 0 spiro atoms. The molecule has 0 radical (unpaired) electrons. The summed E-state index contributed by atoms with van der Waals surface area (Å²) in [5.74, 6) is -0.298. The SMILES string of the molecule is Cc1ccccc1C(=NO)C(=O)c1ccc(Sc2ccccc2)cc1. The van der Waals surface area contributed by atoms with Gasteiger partial charge in [0.2, 0.25) is 5.78 Å². The lowest BCUT2D eigenvalue weighted by molar-refractivity contribution is 0.106. The van der Waals surface area contributed by atoms with Gasteiger partial charge in [-0.15, -0.1) is 0 Å². The van der Waals surface area contributed by atoms with Crippen molar-refractivity contribution in [1.29, 1.82) is 0 Å². The van der Waals surface area contributed by atoms with Gasteiger partial charge in [0, 0.05) is 20.9 Å². The summed E-state index contributed by atoms with van der Waals surface area (Å²) in [6.45, 7) is 1.88. The molecule has 0 atom stereocenters. The van der Waals surface area contributed by atoms with E-state index in [1.165, 1.54) is 0 Å². The summed E-state index contributed by atoms with van der Waals surface area (Å²) in [5.41, 5.74) is 2.08. The van der Waals surface area contributed by atoms with Gasteiger partial charge in [-0.05, 0) is 48.9 Å². The third-order valence-electron chi connectivity index (χ3n) is 3.81. The minimum Gasteiger partial charge on any atom is -0.410 e. The molecule has 0 heterocycles. The Bertz CT molecular complexity index is 903. The molecule has 0 saturated carbocycles. The highest BCUT2D eigenvalue weighted by Gasteiger charge is 2.18. The standard InChI is InChI=1S/C21H17NO2S/c1-15-7-5-6-10-19(15)20(22-24)21(23)16-11-13-18(14-12-16)25-17-8-3-2-4-9-17/h2-14,24H,1H3. The molecule has 124 valence electrons. The fraction of sp³-hybridized carbons (Fsp3) is 0.0476. The Balaban J connectivity index is 1.82. The monoisotopic (exact) mass is 347 g/mol. The van der Waals surface area contributed by atoms with Gasteiger partial charge >= 0.3 is 0 Å². The van der Waals surface area contributed by atoms with Crippen molar-refractivity contribution in [3.05, 3.63) is 95.6 Å². The summed E-state index contributed by atoms with van der Waals surface area (Å²) in [7, 11) is 0. The number of benzene rings is 3. The van der Waals surface area contributed by atoms with Crippen LogP contribution in [0.2, 0.25) is 0 Å².